The van der Waals surface area contributed by atoms with Gasteiger partial charge < -0.3 is 19.6 Å². The number of carbonyl (C=O) groups excluding carboxylic acids is 2. The molecule has 1 fully saturated rings. The maximum Gasteiger partial charge on any atom is 0.338 e. The van der Waals surface area contributed by atoms with E-state index in [1.165, 1.54) is 12.1 Å². The molecule has 4 rings (SSSR count). The van der Waals surface area contributed by atoms with E-state index in [-0.39, 0.29) is 17.4 Å². The molecule has 9 heteroatoms. The molecule has 1 aliphatic rings. The van der Waals surface area contributed by atoms with E-state index in [0.29, 0.717) is 39.5 Å². The molecule has 1 saturated heterocycles. The average molecular weight is 462 g/mol. The second kappa shape index (κ2) is 9.58. The summed E-state index contributed by atoms with van der Waals surface area (Å²) in [6, 6.07) is 16.4. The van der Waals surface area contributed by atoms with Crippen LogP contribution in [-0.4, -0.2) is 34.7 Å². The highest BCUT2D eigenvalue weighted by molar-refractivity contribution is 8.18. The average Bonchev–Trinajstić information content (AvgIpc) is 3.41. The van der Waals surface area contributed by atoms with Crippen LogP contribution in [0.4, 0.5) is 5.69 Å². The van der Waals surface area contributed by atoms with Gasteiger partial charge in [0.2, 0.25) is 0 Å². The number of thioether (sulfide) groups is 1. The summed E-state index contributed by atoms with van der Waals surface area (Å²) in [7, 11) is 0. The second-order valence-electron chi connectivity index (χ2n) is 6.83. The normalized spacial score (nSPS) is 15.6. The number of benzene rings is 2. The Morgan fingerprint density at radius 3 is 2.42 bits per heavy atom. The van der Waals surface area contributed by atoms with Gasteiger partial charge in [-0.1, -0.05) is 12.1 Å². The van der Waals surface area contributed by atoms with E-state index in [0.717, 1.165) is 17.3 Å². The van der Waals surface area contributed by atoms with Crippen LogP contribution in [0.3, 0.4) is 0 Å². The molecule has 0 aliphatic carbocycles. The summed E-state index contributed by atoms with van der Waals surface area (Å²) >= 11 is 1.16. The molecule has 2 aromatic carbocycles. The van der Waals surface area contributed by atoms with Crippen LogP contribution in [0.5, 0.6) is 0 Å². The van der Waals surface area contributed by atoms with E-state index in [1.54, 1.807) is 61.5 Å². The summed E-state index contributed by atoms with van der Waals surface area (Å²) in [6.07, 6.45) is 1.62. The van der Waals surface area contributed by atoms with Crippen molar-refractivity contribution < 1.29 is 28.6 Å². The topological polar surface area (TPSA) is 118 Å². The van der Waals surface area contributed by atoms with Crippen LogP contribution in [0.25, 0.3) is 17.4 Å². The minimum atomic E-state index is -1.02. The Bertz CT molecular complexity index is 1270. The largest absolute Gasteiger partial charge is 0.478 e. The van der Waals surface area contributed by atoms with E-state index in [1.807, 2.05) is 0 Å². The standard InChI is InChI=1S/C24H18N2O6S/c1-2-31-23(30)16-5-3-14(4-6-16)19-12-11-18(32-19)13-20-21(27)26-24(33-20)25-17-9-7-15(8-10-17)22(28)29/h3-13H,2H2,1H3,(H,28,29)(H,25,26,27)/b20-13+. The second-order valence-corrected chi connectivity index (χ2v) is 7.86. The van der Waals surface area contributed by atoms with Crippen LogP contribution in [0, 0.1) is 0 Å². The molecule has 2 heterocycles. The summed E-state index contributed by atoms with van der Waals surface area (Å²) in [5.74, 6) is -0.626. The van der Waals surface area contributed by atoms with Gasteiger partial charge in [0.25, 0.3) is 5.91 Å². The molecule has 1 aliphatic heterocycles. The summed E-state index contributed by atoms with van der Waals surface area (Å²) in [4.78, 5) is 39.8. The maximum absolute atomic E-state index is 12.3. The zero-order chi connectivity index (χ0) is 23.4. The quantitative estimate of drug-likeness (QED) is 0.402. The molecule has 0 bridgehead atoms. The zero-order valence-corrected chi connectivity index (χ0v) is 18.2. The fourth-order valence-electron chi connectivity index (χ4n) is 2.98. The third kappa shape index (κ3) is 5.21. The number of hydrogen-bond donors (Lipinski definition) is 2. The van der Waals surface area contributed by atoms with Crippen molar-refractivity contribution in [3.63, 3.8) is 0 Å². The van der Waals surface area contributed by atoms with Crippen molar-refractivity contribution in [1.29, 1.82) is 0 Å². The SMILES string of the molecule is CCOC(=O)c1ccc(-c2ccc(/C=C3/SC(=Nc4ccc(C(=O)O)cc4)NC3=O)o2)cc1. The molecule has 166 valence electrons. The lowest BCUT2D eigenvalue weighted by Gasteiger charge is -2.02. The first-order chi connectivity index (χ1) is 15.9. The number of ether oxygens (including phenoxy) is 1. The van der Waals surface area contributed by atoms with Crippen LogP contribution in [0.15, 0.2) is 75.0 Å². The van der Waals surface area contributed by atoms with E-state index < -0.39 is 5.97 Å². The molecule has 8 nitrogen and oxygen atoms in total. The van der Waals surface area contributed by atoms with E-state index >= 15 is 0 Å². The molecule has 0 spiro atoms. The Balaban J connectivity index is 1.47. The number of nitrogens with zero attached hydrogens (tertiary/aromatic N) is 1. The minimum absolute atomic E-state index is 0.159. The first-order valence-electron chi connectivity index (χ1n) is 9.93. The van der Waals surface area contributed by atoms with Gasteiger partial charge in [-0.05, 0) is 67.2 Å². The Kier molecular flexibility index (Phi) is 6.41. The number of nitrogens with one attached hydrogen (secondary N) is 1. The number of esters is 1. The fraction of sp³-hybridized carbons (Fsp3) is 0.0833. The number of carboxylic acids is 1. The van der Waals surface area contributed by atoms with Crippen LogP contribution in [0.2, 0.25) is 0 Å². The summed E-state index contributed by atoms with van der Waals surface area (Å²) in [5, 5.41) is 12.0. The number of aromatic carboxylic acids is 1. The van der Waals surface area contributed by atoms with E-state index in [9.17, 15) is 14.4 Å². The molecule has 33 heavy (non-hydrogen) atoms. The highest BCUT2D eigenvalue weighted by Gasteiger charge is 2.24. The van der Waals surface area contributed by atoms with E-state index in [2.05, 4.69) is 10.3 Å². The van der Waals surface area contributed by atoms with Crippen molar-refractivity contribution in [3.8, 4) is 11.3 Å². The number of hydrogen-bond acceptors (Lipinski definition) is 7. The number of rotatable bonds is 6. The van der Waals surface area contributed by atoms with Gasteiger partial charge >= 0.3 is 11.9 Å². The molecule has 0 atom stereocenters. The molecular formula is C24H18N2O6S. The molecule has 1 aromatic heterocycles. The minimum Gasteiger partial charge on any atom is -0.478 e. The number of carbonyl (C=O) groups is 3. The monoisotopic (exact) mass is 462 g/mol. The number of furan rings is 1. The van der Waals surface area contributed by atoms with Gasteiger partial charge in [0.1, 0.15) is 11.5 Å². The van der Waals surface area contributed by atoms with Gasteiger partial charge in [-0.3, -0.25) is 4.79 Å². The number of amides is 1. The lowest BCUT2D eigenvalue weighted by molar-refractivity contribution is -0.115. The van der Waals surface area contributed by atoms with Crippen molar-refractivity contribution in [3.05, 3.63) is 82.5 Å². The van der Waals surface area contributed by atoms with Crippen LogP contribution >= 0.6 is 11.8 Å². The predicted molar refractivity (Wildman–Crippen MR) is 124 cm³/mol. The predicted octanol–water partition coefficient (Wildman–Crippen LogP) is 4.71. The van der Waals surface area contributed by atoms with Crippen molar-refractivity contribution in [1.82, 2.24) is 5.32 Å². The van der Waals surface area contributed by atoms with Crippen molar-refractivity contribution >= 4 is 46.5 Å². The molecule has 0 saturated carbocycles. The number of carboxylic acid groups (broad SMARTS) is 1. The van der Waals surface area contributed by atoms with Crippen LogP contribution in [0.1, 0.15) is 33.4 Å². The third-order valence-corrected chi connectivity index (χ3v) is 5.49. The first-order valence-corrected chi connectivity index (χ1v) is 10.7. The summed E-state index contributed by atoms with van der Waals surface area (Å²) in [5.41, 5.74) is 1.92. The van der Waals surface area contributed by atoms with Gasteiger partial charge in [0, 0.05) is 11.6 Å². The first kappa shape index (κ1) is 22.1. The Morgan fingerprint density at radius 2 is 1.76 bits per heavy atom. The highest BCUT2D eigenvalue weighted by atomic mass is 32.2. The molecule has 1 amide bonds. The van der Waals surface area contributed by atoms with Gasteiger partial charge in [-0.15, -0.1) is 0 Å². The number of aliphatic imine (C=N–C) groups is 1. The zero-order valence-electron chi connectivity index (χ0n) is 17.4. The lowest BCUT2D eigenvalue weighted by Crippen LogP contribution is -2.19. The molecule has 2 N–H and O–H groups in total. The van der Waals surface area contributed by atoms with Gasteiger partial charge in [-0.2, -0.15) is 0 Å². The van der Waals surface area contributed by atoms with E-state index in [4.69, 9.17) is 14.3 Å². The third-order valence-electron chi connectivity index (χ3n) is 4.58. The van der Waals surface area contributed by atoms with Gasteiger partial charge in [0.05, 0.1) is 28.3 Å². The smallest absolute Gasteiger partial charge is 0.338 e. The number of amidine groups is 1. The van der Waals surface area contributed by atoms with Crippen LogP contribution < -0.4 is 5.32 Å². The fourth-order valence-corrected chi connectivity index (χ4v) is 3.80. The lowest BCUT2D eigenvalue weighted by atomic mass is 10.1. The van der Waals surface area contributed by atoms with Crippen molar-refractivity contribution in [2.24, 2.45) is 4.99 Å². The van der Waals surface area contributed by atoms with Crippen molar-refractivity contribution in [2.45, 2.75) is 6.92 Å². The van der Waals surface area contributed by atoms with Crippen molar-refractivity contribution in [2.75, 3.05) is 6.61 Å². The van der Waals surface area contributed by atoms with Crippen LogP contribution in [-0.2, 0) is 9.53 Å². The molecule has 3 aromatic rings. The Labute approximate surface area is 193 Å². The van der Waals surface area contributed by atoms with Gasteiger partial charge in [-0.25, -0.2) is 14.6 Å². The Morgan fingerprint density at radius 1 is 1.06 bits per heavy atom. The highest BCUT2D eigenvalue weighted by Crippen LogP contribution is 2.30. The molecule has 0 radical (unpaired) electrons. The van der Waals surface area contributed by atoms with Gasteiger partial charge in [0.15, 0.2) is 5.17 Å². The summed E-state index contributed by atoms with van der Waals surface area (Å²) < 4.78 is 10.8. The molecule has 0 unspecified atom stereocenters. The Hall–Kier alpha value is -4.11. The maximum atomic E-state index is 12.3. The summed E-state index contributed by atoms with van der Waals surface area (Å²) in [6.45, 7) is 2.06. The molecular weight excluding hydrogens is 444 g/mol.